The molecule has 140 valence electrons. The SMILES string of the molecule is CCNC(=NCC(C)(C)CCS(C)(=O)=O)NCC(C)(C)SC.I. The molecule has 2 N–H and O–H groups in total. The summed E-state index contributed by atoms with van der Waals surface area (Å²) in [5.41, 5.74) is -0.138. The third-order valence-corrected chi connectivity index (χ3v) is 5.59. The second-order valence-corrected chi connectivity index (χ2v) is 10.8. The lowest BCUT2D eigenvalue weighted by Crippen LogP contribution is -2.43. The fraction of sp³-hybridized carbons (Fsp3) is 0.933. The maximum Gasteiger partial charge on any atom is 0.191 e. The van der Waals surface area contributed by atoms with Gasteiger partial charge < -0.3 is 10.6 Å². The van der Waals surface area contributed by atoms with E-state index >= 15 is 0 Å². The van der Waals surface area contributed by atoms with Crippen LogP contribution in [-0.4, -0.2) is 57.0 Å². The second kappa shape index (κ2) is 11.0. The zero-order valence-electron chi connectivity index (χ0n) is 15.5. The number of halogens is 1. The molecule has 0 amide bonds. The van der Waals surface area contributed by atoms with Gasteiger partial charge >= 0.3 is 0 Å². The van der Waals surface area contributed by atoms with Gasteiger partial charge in [0.1, 0.15) is 9.84 Å². The molecular weight excluding hydrogens is 445 g/mol. The van der Waals surface area contributed by atoms with Crippen molar-refractivity contribution in [1.29, 1.82) is 0 Å². The van der Waals surface area contributed by atoms with E-state index < -0.39 is 9.84 Å². The average molecular weight is 479 g/mol. The van der Waals surface area contributed by atoms with E-state index in [2.05, 4.69) is 49.6 Å². The molecule has 0 spiro atoms. The first-order chi connectivity index (χ1) is 9.91. The molecular formula is C15H34IN3O2S2. The Morgan fingerprint density at radius 3 is 2.17 bits per heavy atom. The predicted molar refractivity (Wildman–Crippen MR) is 115 cm³/mol. The minimum atomic E-state index is -2.92. The van der Waals surface area contributed by atoms with Gasteiger partial charge in [0.2, 0.25) is 0 Å². The highest BCUT2D eigenvalue weighted by atomic mass is 127. The van der Waals surface area contributed by atoms with Gasteiger partial charge in [-0.05, 0) is 38.9 Å². The van der Waals surface area contributed by atoms with Crippen LogP contribution in [0.25, 0.3) is 0 Å². The predicted octanol–water partition coefficient (Wildman–Crippen LogP) is 2.76. The van der Waals surface area contributed by atoms with E-state index in [1.54, 1.807) is 0 Å². The molecule has 0 saturated heterocycles. The number of guanidine groups is 1. The molecule has 0 aromatic heterocycles. The molecule has 0 atom stereocenters. The Morgan fingerprint density at radius 2 is 1.74 bits per heavy atom. The molecule has 0 radical (unpaired) electrons. The van der Waals surface area contributed by atoms with Crippen LogP contribution in [-0.2, 0) is 9.84 Å². The molecule has 0 rings (SSSR count). The minimum Gasteiger partial charge on any atom is -0.357 e. The molecule has 0 heterocycles. The Hall–Kier alpha value is 0.300. The lowest BCUT2D eigenvalue weighted by Gasteiger charge is -2.25. The van der Waals surface area contributed by atoms with E-state index in [0.717, 1.165) is 19.0 Å². The van der Waals surface area contributed by atoms with Gasteiger partial charge in [0.25, 0.3) is 0 Å². The van der Waals surface area contributed by atoms with Crippen LogP contribution in [0.4, 0.5) is 0 Å². The van der Waals surface area contributed by atoms with E-state index in [-0.39, 0.29) is 39.9 Å². The molecule has 0 aliphatic heterocycles. The Labute approximate surface area is 164 Å². The van der Waals surface area contributed by atoms with Crippen LogP contribution in [0.5, 0.6) is 0 Å². The fourth-order valence-corrected chi connectivity index (χ4v) is 2.68. The van der Waals surface area contributed by atoms with E-state index in [9.17, 15) is 8.42 Å². The minimum absolute atomic E-state index is 0. The second-order valence-electron chi connectivity index (χ2n) is 7.06. The van der Waals surface area contributed by atoms with Crippen molar-refractivity contribution >= 4 is 51.5 Å². The number of hydrogen-bond donors (Lipinski definition) is 2. The van der Waals surface area contributed by atoms with Crippen molar-refractivity contribution < 1.29 is 8.42 Å². The van der Waals surface area contributed by atoms with Crippen LogP contribution in [0.3, 0.4) is 0 Å². The maximum atomic E-state index is 11.3. The summed E-state index contributed by atoms with van der Waals surface area (Å²) in [7, 11) is -2.92. The van der Waals surface area contributed by atoms with Gasteiger partial charge in [0, 0.05) is 30.6 Å². The van der Waals surface area contributed by atoms with E-state index in [0.29, 0.717) is 13.0 Å². The Balaban J connectivity index is 0. The smallest absolute Gasteiger partial charge is 0.191 e. The first kappa shape index (κ1) is 25.5. The summed E-state index contributed by atoms with van der Waals surface area (Å²) in [6.07, 6.45) is 3.99. The number of rotatable bonds is 9. The summed E-state index contributed by atoms with van der Waals surface area (Å²) < 4.78 is 22.7. The van der Waals surface area contributed by atoms with Gasteiger partial charge in [-0.2, -0.15) is 11.8 Å². The van der Waals surface area contributed by atoms with Gasteiger partial charge in [-0.3, -0.25) is 4.99 Å². The van der Waals surface area contributed by atoms with Crippen LogP contribution < -0.4 is 10.6 Å². The summed E-state index contributed by atoms with van der Waals surface area (Å²) in [5.74, 6) is 0.996. The third-order valence-electron chi connectivity index (χ3n) is 3.39. The zero-order valence-corrected chi connectivity index (χ0v) is 19.5. The van der Waals surface area contributed by atoms with E-state index in [1.807, 2.05) is 18.7 Å². The van der Waals surface area contributed by atoms with Crippen LogP contribution in [0, 0.1) is 5.41 Å². The van der Waals surface area contributed by atoms with Crippen LogP contribution in [0.2, 0.25) is 0 Å². The van der Waals surface area contributed by atoms with Crippen molar-refractivity contribution in [3.8, 4) is 0 Å². The molecule has 0 unspecified atom stereocenters. The molecule has 0 aromatic rings. The number of aliphatic imine (C=N–C) groups is 1. The lowest BCUT2D eigenvalue weighted by molar-refractivity contribution is 0.365. The lowest BCUT2D eigenvalue weighted by atomic mass is 9.90. The van der Waals surface area contributed by atoms with Crippen molar-refractivity contribution in [2.45, 2.75) is 45.8 Å². The number of nitrogens with zero attached hydrogens (tertiary/aromatic N) is 1. The summed E-state index contributed by atoms with van der Waals surface area (Å²) >= 11 is 1.81. The Kier molecular flexibility index (Phi) is 12.2. The van der Waals surface area contributed by atoms with Gasteiger partial charge in [-0.1, -0.05) is 13.8 Å². The highest BCUT2D eigenvalue weighted by Crippen LogP contribution is 2.22. The van der Waals surface area contributed by atoms with Crippen molar-refractivity contribution in [3.63, 3.8) is 0 Å². The standard InChI is InChI=1S/C15H33N3O2S2.HI/c1-8-16-13(18-12-15(4,5)21-6)17-11-14(2,3)9-10-22(7,19)20;/h8-12H2,1-7H3,(H2,16,17,18);1H. The molecule has 0 fully saturated rings. The van der Waals surface area contributed by atoms with E-state index in [1.165, 1.54) is 6.26 Å². The number of hydrogen-bond acceptors (Lipinski definition) is 4. The van der Waals surface area contributed by atoms with Gasteiger partial charge in [-0.15, -0.1) is 24.0 Å². The van der Waals surface area contributed by atoms with Gasteiger partial charge in [0.05, 0.1) is 5.75 Å². The summed E-state index contributed by atoms with van der Waals surface area (Å²) in [6, 6.07) is 0. The monoisotopic (exact) mass is 479 g/mol. The highest BCUT2D eigenvalue weighted by Gasteiger charge is 2.21. The Bertz CT molecular complexity index is 463. The summed E-state index contributed by atoms with van der Waals surface area (Å²) in [5, 5.41) is 6.59. The molecule has 8 heteroatoms. The molecule has 0 saturated carbocycles. The van der Waals surface area contributed by atoms with E-state index in [4.69, 9.17) is 0 Å². The van der Waals surface area contributed by atoms with Crippen LogP contribution in [0.1, 0.15) is 41.0 Å². The summed E-state index contributed by atoms with van der Waals surface area (Å²) in [6.45, 7) is 12.7. The van der Waals surface area contributed by atoms with Crippen LogP contribution in [0.15, 0.2) is 4.99 Å². The fourth-order valence-electron chi connectivity index (χ4n) is 1.54. The number of nitrogens with one attached hydrogen (secondary N) is 2. The van der Waals surface area contributed by atoms with Crippen molar-refractivity contribution in [2.24, 2.45) is 10.4 Å². The molecule has 0 aromatic carbocycles. The molecule has 5 nitrogen and oxygen atoms in total. The number of sulfone groups is 1. The third kappa shape index (κ3) is 14.4. The molecule has 0 bridgehead atoms. The zero-order chi connectivity index (χ0) is 17.4. The molecule has 0 aliphatic rings. The quantitative estimate of drug-likeness (QED) is 0.302. The topological polar surface area (TPSA) is 70.6 Å². The van der Waals surface area contributed by atoms with Crippen molar-refractivity contribution in [2.75, 3.05) is 37.9 Å². The largest absolute Gasteiger partial charge is 0.357 e. The maximum absolute atomic E-state index is 11.3. The number of thioether (sulfide) groups is 1. The average Bonchev–Trinajstić information content (AvgIpc) is 2.39. The normalized spacial score (nSPS) is 13.4. The Morgan fingerprint density at radius 1 is 1.17 bits per heavy atom. The van der Waals surface area contributed by atoms with Gasteiger partial charge in [0.15, 0.2) is 5.96 Å². The molecule has 0 aliphatic carbocycles. The summed E-state index contributed by atoms with van der Waals surface area (Å²) in [4.78, 5) is 4.61. The molecule has 23 heavy (non-hydrogen) atoms. The highest BCUT2D eigenvalue weighted by molar-refractivity contribution is 14.0. The van der Waals surface area contributed by atoms with Crippen molar-refractivity contribution in [3.05, 3.63) is 0 Å². The first-order valence-corrected chi connectivity index (χ1v) is 10.9. The van der Waals surface area contributed by atoms with Crippen molar-refractivity contribution in [1.82, 2.24) is 10.6 Å². The van der Waals surface area contributed by atoms with Crippen LogP contribution >= 0.6 is 35.7 Å². The first-order valence-electron chi connectivity index (χ1n) is 7.66. The van der Waals surface area contributed by atoms with Gasteiger partial charge in [-0.25, -0.2) is 8.42 Å².